The van der Waals surface area contributed by atoms with Gasteiger partial charge in [0.15, 0.2) is 0 Å². The summed E-state index contributed by atoms with van der Waals surface area (Å²) in [5.41, 5.74) is 0.0133. The number of fused-ring (bicyclic) bond motifs is 1. The van der Waals surface area contributed by atoms with Crippen molar-refractivity contribution in [2.45, 2.75) is 19.4 Å². The number of H-pyrrole nitrogens is 1. The molecule has 8 nitrogen and oxygen atoms in total. The van der Waals surface area contributed by atoms with E-state index < -0.39 is 17.7 Å². The van der Waals surface area contributed by atoms with Crippen LogP contribution >= 0.6 is 11.6 Å². The highest BCUT2D eigenvalue weighted by atomic mass is 35.5. The first-order valence-electron chi connectivity index (χ1n) is 7.23. The molecule has 3 aromatic rings. The van der Waals surface area contributed by atoms with Gasteiger partial charge in [-0.15, -0.1) is 0 Å². The minimum atomic E-state index is -1.20. The largest absolute Gasteiger partial charge is 0.465 e. The number of rotatable bonds is 4. The molecule has 0 saturated heterocycles. The smallest absolute Gasteiger partial charge is 0.405 e. The van der Waals surface area contributed by atoms with Gasteiger partial charge in [-0.05, 0) is 18.6 Å². The van der Waals surface area contributed by atoms with E-state index in [1.54, 1.807) is 31.2 Å². The molecule has 0 fully saturated rings. The van der Waals surface area contributed by atoms with Gasteiger partial charge >= 0.3 is 6.09 Å². The molecule has 2 aromatic heterocycles. The number of hydrogen-bond acceptors (Lipinski definition) is 4. The van der Waals surface area contributed by atoms with Gasteiger partial charge < -0.3 is 10.4 Å². The van der Waals surface area contributed by atoms with Crippen molar-refractivity contribution in [2.24, 2.45) is 0 Å². The van der Waals surface area contributed by atoms with Gasteiger partial charge in [0.2, 0.25) is 0 Å². The number of hydrogen-bond donors (Lipinski definition) is 3. The highest BCUT2D eigenvalue weighted by Crippen LogP contribution is 2.23. The Labute approximate surface area is 141 Å². The summed E-state index contributed by atoms with van der Waals surface area (Å²) in [6, 6.07) is 5.89. The van der Waals surface area contributed by atoms with Crippen LogP contribution in [0.5, 0.6) is 0 Å². The van der Waals surface area contributed by atoms with Crippen molar-refractivity contribution in [2.75, 3.05) is 0 Å². The zero-order valence-corrected chi connectivity index (χ0v) is 13.4. The molecule has 3 rings (SSSR count). The Balaban J connectivity index is 2.37. The Morgan fingerprint density at radius 1 is 1.46 bits per heavy atom. The molecule has 0 saturated carbocycles. The first kappa shape index (κ1) is 16.0. The third-order valence-corrected chi connectivity index (χ3v) is 3.93. The summed E-state index contributed by atoms with van der Waals surface area (Å²) in [5.74, 6) is 0.652. The van der Waals surface area contributed by atoms with Gasteiger partial charge in [-0.2, -0.15) is 5.10 Å². The molecule has 0 bridgehead atoms. The molecule has 1 aromatic carbocycles. The second kappa shape index (κ2) is 6.32. The highest BCUT2D eigenvalue weighted by Gasteiger charge is 2.22. The number of carbonyl (C=O) groups is 1. The van der Waals surface area contributed by atoms with Gasteiger partial charge in [-0.3, -0.25) is 9.89 Å². The fraction of sp³-hybridized carbons (Fsp3) is 0.200. The molecule has 24 heavy (non-hydrogen) atoms. The maximum absolute atomic E-state index is 13.0. The fourth-order valence-electron chi connectivity index (χ4n) is 2.54. The highest BCUT2D eigenvalue weighted by molar-refractivity contribution is 6.35. The second-order valence-corrected chi connectivity index (χ2v) is 5.50. The van der Waals surface area contributed by atoms with Crippen LogP contribution in [0.15, 0.2) is 35.3 Å². The molecule has 3 N–H and O–H groups in total. The molecule has 1 unspecified atom stereocenters. The molecule has 1 amide bonds. The van der Waals surface area contributed by atoms with Crippen LogP contribution < -0.4 is 10.9 Å². The predicted octanol–water partition coefficient (Wildman–Crippen LogP) is 2.48. The van der Waals surface area contributed by atoms with Gasteiger partial charge in [0.1, 0.15) is 11.6 Å². The van der Waals surface area contributed by atoms with Gasteiger partial charge in [0, 0.05) is 6.07 Å². The lowest BCUT2D eigenvalue weighted by atomic mass is 10.1. The quantitative estimate of drug-likeness (QED) is 0.671. The van der Waals surface area contributed by atoms with E-state index in [2.05, 4.69) is 20.5 Å². The number of nitrogens with one attached hydrogen (secondary N) is 2. The van der Waals surface area contributed by atoms with E-state index in [9.17, 15) is 9.59 Å². The first-order chi connectivity index (χ1) is 11.5. The molecular weight excluding hydrogens is 334 g/mol. The zero-order chi connectivity index (χ0) is 17.3. The van der Waals surface area contributed by atoms with Crippen molar-refractivity contribution in [3.63, 3.8) is 0 Å². The summed E-state index contributed by atoms with van der Waals surface area (Å²) in [4.78, 5) is 28.5. The Kier molecular flexibility index (Phi) is 4.22. The monoisotopic (exact) mass is 347 g/mol. The van der Waals surface area contributed by atoms with Crippen LogP contribution in [-0.2, 0) is 0 Å². The molecule has 0 radical (unpaired) electrons. The lowest BCUT2D eigenvalue weighted by Crippen LogP contribution is -2.33. The number of aromatic nitrogens is 4. The number of benzene rings is 1. The topological polar surface area (TPSA) is 113 Å². The van der Waals surface area contributed by atoms with Crippen molar-refractivity contribution in [1.29, 1.82) is 0 Å². The lowest BCUT2D eigenvalue weighted by Gasteiger charge is -2.19. The standard InChI is InChI=1S/C15H14ClN5O3/c1-2-9(19-15(23)24)13-18-10-5-3-4-8(16)12(10)14(22)21(13)11-6-7-17-20-11/h3-7,9,19H,2H2,1H3,(H,17,20)(H,23,24). The average Bonchev–Trinajstić information content (AvgIpc) is 3.06. The number of nitrogens with zero attached hydrogens (tertiary/aromatic N) is 3. The van der Waals surface area contributed by atoms with Crippen LogP contribution in [0.1, 0.15) is 25.2 Å². The minimum Gasteiger partial charge on any atom is -0.465 e. The number of aromatic amines is 1. The van der Waals surface area contributed by atoms with Crippen molar-refractivity contribution >= 4 is 28.6 Å². The summed E-state index contributed by atoms with van der Waals surface area (Å²) in [6.45, 7) is 1.80. The van der Waals surface area contributed by atoms with E-state index in [-0.39, 0.29) is 16.2 Å². The summed E-state index contributed by atoms with van der Waals surface area (Å²) < 4.78 is 1.30. The van der Waals surface area contributed by atoms with Crippen LogP contribution in [-0.4, -0.2) is 30.9 Å². The van der Waals surface area contributed by atoms with Crippen molar-refractivity contribution < 1.29 is 9.90 Å². The van der Waals surface area contributed by atoms with Crippen molar-refractivity contribution in [1.82, 2.24) is 25.1 Å². The van der Waals surface area contributed by atoms with Gasteiger partial charge in [0.05, 0.1) is 28.2 Å². The fourth-order valence-corrected chi connectivity index (χ4v) is 2.80. The SMILES string of the molecule is CCC(NC(=O)O)c1nc2cccc(Cl)c2c(=O)n1-c1ccn[nH]1. The molecule has 9 heteroatoms. The first-order valence-corrected chi connectivity index (χ1v) is 7.61. The number of amides is 1. The zero-order valence-electron chi connectivity index (χ0n) is 12.7. The molecule has 0 aliphatic rings. The van der Waals surface area contributed by atoms with E-state index >= 15 is 0 Å². The summed E-state index contributed by atoms with van der Waals surface area (Å²) in [7, 11) is 0. The van der Waals surface area contributed by atoms with Crippen LogP contribution in [0.2, 0.25) is 5.02 Å². The van der Waals surface area contributed by atoms with E-state index in [1.165, 1.54) is 10.8 Å². The van der Waals surface area contributed by atoms with Gasteiger partial charge in [-0.25, -0.2) is 14.3 Å². The van der Waals surface area contributed by atoms with Crippen LogP contribution in [0.3, 0.4) is 0 Å². The van der Waals surface area contributed by atoms with Gasteiger partial charge in [-0.1, -0.05) is 24.6 Å². The maximum Gasteiger partial charge on any atom is 0.405 e. The molecule has 0 spiro atoms. The predicted molar refractivity (Wildman–Crippen MR) is 88.7 cm³/mol. The average molecular weight is 348 g/mol. The van der Waals surface area contributed by atoms with E-state index in [4.69, 9.17) is 16.7 Å². The Bertz CT molecular complexity index is 952. The summed E-state index contributed by atoms with van der Waals surface area (Å²) in [5, 5.41) is 18.5. The molecule has 0 aliphatic carbocycles. The molecule has 0 aliphatic heterocycles. The van der Waals surface area contributed by atoms with E-state index in [0.717, 1.165) is 0 Å². The van der Waals surface area contributed by atoms with Crippen molar-refractivity contribution in [3.05, 3.63) is 51.7 Å². The second-order valence-electron chi connectivity index (χ2n) is 5.10. The third-order valence-electron chi connectivity index (χ3n) is 3.62. The minimum absolute atomic E-state index is 0.266. The van der Waals surface area contributed by atoms with Crippen molar-refractivity contribution in [3.8, 4) is 5.82 Å². The summed E-state index contributed by atoms with van der Waals surface area (Å²) in [6.07, 6.45) is 0.714. The Morgan fingerprint density at radius 2 is 2.25 bits per heavy atom. The molecule has 2 heterocycles. The number of halogens is 1. The molecule has 1 atom stereocenters. The lowest BCUT2D eigenvalue weighted by molar-refractivity contribution is 0.188. The number of carboxylic acid groups (broad SMARTS) is 1. The normalized spacial score (nSPS) is 12.2. The van der Waals surface area contributed by atoms with E-state index in [0.29, 0.717) is 17.8 Å². The van der Waals surface area contributed by atoms with E-state index in [1.807, 2.05) is 0 Å². The maximum atomic E-state index is 13.0. The third kappa shape index (κ3) is 2.71. The van der Waals surface area contributed by atoms with Crippen LogP contribution in [0, 0.1) is 0 Å². The summed E-state index contributed by atoms with van der Waals surface area (Å²) >= 11 is 6.16. The van der Waals surface area contributed by atoms with Gasteiger partial charge in [0.25, 0.3) is 5.56 Å². The molecule has 124 valence electrons. The van der Waals surface area contributed by atoms with Crippen LogP contribution in [0.25, 0.3) is 16.7 Å². The Hall–Kier alpha value is -2.87. The molecular formula is C15H14ClN5O3. The van der Waals surface area contributed by atoms with Crippen LogP contribution in [0.4, 0.5) is 4.79 Å². The Morgan fingerprint density at radius 3 is 2.88 bits per heavy atom.